The summed E-state index contributed by atoms with van der Waals surface area (Å²) in [5.41, 5.74) is -1.04. The summed E-state index contributed by atoms with van der Waals surface area (Å²) in [5.74, 6) is -0.794. The lowest BCUT2D eigenvalue weighted by atomic mass is 10.1. The smallest absolute Gasteiger partial charge is 0.356 e. The van der Waals surface area contributed by atoms with Crippen molar-refractivity contribution >= 4 is 21.9 Å². The zero-order valence-electron chi connectivity index (χ0n) is 8.00. The summed E-state index contributed by atoms with van der Waals surface area (Å²) in [4.78, 5) is 14.7. The summed E-state index contributed by atoms with van der Waals surface area (Å²) in [6.45, 7) is 0. The maximum absolute atomic E-state index is 12.6. The van der Waals surface area contributed by atoms with Crippen molar-refractivity contribution in [3.63, 3.8) is 0 Å². The highest BCUT2D eigenvalue weighted by atomic mass is 79.9. The fourth-order valence-electron chi connectivity index (χ4n) is 1.03. The molecule has 0 bridgehead atoms. The summed E-state index contributed by atoms with van der Waals surface area (Å²) >= 11 is 2.79. The Morgan fingerprint density at radius 3 is 2.75 bits per heavy atom. The van der Waals surface area contributed by atoms with Gasteiger partial charge in [0, 0.05) is 0 Å². The number of halogens is 3. The number of nitrogens with zero attached hydrogens (tertiary/aromatic N) is 2. The van der Waals surface area contributed by atoms with Gasteiger partial charge in [-0.05, 0) is 22.0 Å². The van der Waals surface area contributed by atoms with Gasteiger partial charge in [0.15, 0.2) is 5.69 Å². The van der Waals surface area contributed by atoms with E-state index in [4.69, 9.17) is 5.26 Å². The third-order valence-electron chi connectivity index (χ3n) is 1.75. The van der Waals surface area contributed by atoms with E-state index < -0.39 is 18.0 Å². The topological polar surface area (TPSA) is 63.0 Å². The van der Waals surface area contributed by atoms with E-state index in [2.05, 4.69) is 25.7 Å². The van der Waals surface area contributed by atoms with Gasteiger partial charge in [-0.15, -0.1) is 0 Å². The van der Waals surface area contributed by atoms with E-state index in [0.717, 1.165) is 13.2 Å². The molecule has 1 aromatic heterocycles. The Balaban J connectivity index is 3.39. The lowest BCUT2D eigenvalue weighted by molar-refractivity contribution is 0.0593. The van der Waals surface area contributed by atoms with Gasteiger partial charge in [0.05, 0.1) is 24.3 Å². The zero-order valence-corrected chi connectivity index (χ0v) is 9.59. The normalized spacial score (nSPS) is 10.0. The average Bonchev–Trinajstić information content (AvgIpc) is 2.26. The summed E-state index contributed by atoms with van der Waals surface area (Å²) in [5, 5.41) is 8.69. The van der Waals surface area contributed by atoms with Crippen LogP contribution in [0.1, 0.15) is 28.0 Å². The predicted octanol–water partition coefficient (Wildman–Crippen LogP) is 2.44. The molecule has 1 rings (SSSR count). The Kier molecular flexibility index (Phi) is 3.90. The molecule has 0 unspecified atom stereocenters. The van der Waals surface area contributed by atoms with Crippen LogP contribution in [0.2, 0.25) is 0 Å². The Morgan fingerprint density at radius 1 is 1.69 bits per heavy atom. The van der Waals surface area contributed by atoms with Gasteiger partial charge in [0.25, 0.3) is 6.43 Å². The van der Waals surface area contributed by atoms with Crippen LogP contribution in [0.15, 0.2) is 10.7 Å². The monoisotopic (exact) mass is 290 g/mol. The highest BCUT2D eigenvalue weighted by Gasteiger charge is 2.21. The Bertz CT molecular complexity index is 471. The highest BCUT2D eigenvalue weighted by molar-refractivity contribution is 9.10. The minimum Gasteiger partial charge on any atom is -0.464 e. The van der Waals surface area contributed by atoms with Crippen molar-refractivity contribution in [1.29, 1.82) is 5.26 Å². The van der Waals surface area contributed by atoms with E-state index in [1.807, 2.05) is 0 Å². The summed E-state index contributed by atoms with van der Waals surface area (Å²) in [6, 6.07) is 2.55. The van der Waals surface area contributed by atoms with E-state index >= 15 is 0 Å². The number of carbonyl (C=O) groups excluding carboxylic acids is 1. The van der Waals surface area contributed by atoms with Gasteiger partial charge in [-0.3, -0.25) is 0 Å². The molecule has 0 atom stereocenters. The van der Waals surface area contributed by atoms with Crippen LogP contribution >= 0.6 is 15.9 Å². The lowest BCUT2D eigenvalue weighted by Gasteiger charge is -2.06. The van der Waals surface area contributed by atoms with E-state index in [9.17, 15) is 13.6 Å². The molecule has 4 nitrogen and oxygen atoms in total. The van der Waals surface area contributed by atoms with Crippen molar-refractivity contribution in [1.82, 2.24) is 4.98 Å². The molecule has 84 valence electrons. The first-order valence-electron chi connectivity index (χ1n) is 3.98. The van der Waals surface area contributed by atoms with Crippen LogP contribution in [0.5, 0.6) is 0 Å². The van der Waals surface area contributed by atoms with Gasteiger partial charge >= 0.3 is 5.97 Å². The first-order chi connectivity index (χ1) is 7.51. The molecule has 0 aliphatic heterocycles. The average molecular weight is 291 g/mol. The molecule has 0 N–H and O–H groups in total. The number of hydrogen-bond donors (Lipinski definition) is 0. The van der Waals surface area contributed by atoms with Gasteiger partial charge in [-0.2, -0.15) is 5.26 Å². The number of nitriles is 1. The van der Waals surface area contributed by atoms with Crippen LogP contribution in [0.3, 0.4) is 0 Å². The summed E-state index contributed by atoms with van der Waals surface area (Å²) in [6.07, 6.45) is -2.84. The fourth-order valence-corrected chi connectivity index (χ4v) is 1.61. The molecular weight excluding hydrogens is 286 g/mol. The Hall–Kier alpha value is -1.55. The molecule has 0 aromatic carbocycles. The maximum Gasteiger partial charge on any atom is 0.356 e. The second-order valence-corrected chi connectivity index (χ2v) is 3.41. The van der Waals surface area contributed by atoms with Gasteiger partial charge in [0.2, 0.25) is 0 Å². The van der Waals surface area contributed by atoms with Crippen LogP contribution in [0, 0.1) is 11.3 Å². The number of ether oxygens (including phenoxy) is 1. The standard InChI is InChI=1S/C9H5BrF2N2O2/c1-16-9(15)5-2-4(3-13)6(8(11)12)7(10)14-5/h2,8H,1H3. The number of esters is 1. The van der Waals surface area contributed by atoms with E-state index in [-0.39, 0.29) is 15.9 Å². The van der Waals surface area contributed by atoms with Crippen molar-refractivity contribution in [2.24, 2.45) is 0 Å². The van der Waals surface area contributed by atoms with Crippen LogP contribution in [0.25, 0.3) is 0 Å². The number of carbonyl (C=O) groups is 1. The molecule has 0 aliphatic rings. The summed E-state index contributed by atoms with van der Waals surface area (Å²) < 4.78 is 29.2. The van der Waals surface area contributed by atoms with Crippen molar-refractivity contribution in [3.05, 3.63) is 27.5 Å². The quantitative estimate of drug-likeness (QED) is 0.620. The molecule has 0 aliphatic carbocycles. The first-order valence-corrected chi connectivity index (χ1v) is 4.77. The molecule has 7 heteroatoms. The molecular formula is C9H5BrF2N2O2. The second kappa shape index (κ2) is 4.99. The molecule has 0 saturated carbocycles. The molecule has 16 heavy (non-hydrogen) atoms. The number of hydrogen-bond acceptors (Lipinski definition) is 4. The number of alkyl halides is 2. The number of rotatable bonds is 2. The van der Waals surface area contributed by atoms with Crippen LogP contribution < -0.4 is 0 Å². The van der Waals surface area contributed by atoms with Crippen molar-refractivity contribution in [3.8, 4) is 6.07 Å². The highest BCUT2D eigenvalue weighted by Crippen LogP contribution is 2.29. The second-order valence-electron chi connectivity index (χ2n) is 2.66. The SMILES string of the molecule is COC(=O)c1cc(C#N)c(C(F)F)c(Br)n1. The van der Waals surface area contributed by atoms with Crippen LogP contribution in [0.4, 0.5) is 8.78 Å². The third-order valence-corrected chi connectivity index (χ3v) is 2.35. The minimum atomic E-state index is -2.84. The molecule has 1 heterocycles. The predicted molar refractivity (Wildman–Crippen MR) is 52.9 cm³/mol. The largest absolute Gasteiger partial charge is 0.464 e. The minimum absolute atomic E-state index is 0.199. The zero-order chi connectivity index (χ0) is 12.3. The number of methoxy groups -OCH3 is 1. The molecule has 0 amide bonds. The molecule has 0 radical (unpaired) electrons. The molecule has 0 spiro atoms. The van der Waals surface area contributed by atoms with Gasteiger partial charge < -0.3 is 4.74 Å². The van der Waals surface area contributed by atoms with E-state index in [0.29, 0.717) is 0 Å². The van der Waals surface area contributed by atoms with Crippen LogP contribution in [-0.2, 0) is 4.74 Å². The maximum atomic E-state index is 12.6. The van der Waals surface area contributed by atoms with Crippen molar-refractivity contribution in [2.75, 3.05) is 7.11 Å². The lowest BCUT2D eigenvalue weighted by Crippen LogP contribution is -2.07. The van der Waals surface area contributed by atoms with Crippen molar-refractivity contribution in [2.45, 2.75) is 6.43 Å². The van der Waals surface area contributed by atoms with Gasteiger partial charge in [0.1, 0.15) is 4.60 Å². The Morgan fingerprint density at radius 2 is 2.31 bits per heavy atom. The molecule has 1 aromatic rings. The van der Waals surface area contributed by atoms with E-state index in [1.165, 1.54) is 0 Å². The fraction of sp³-hybridized carbons (Fsp3) is 0.222. The molecule has 0 fully saturated rings. The first kappa shape index (κ1) is 12.5. The third kappa shape index (κ3) is 2.33. The number of aromatic nitrogens is 1. The summed E-state index contributed by atoms with van der Waals surface area (Å²) in [7, 11) is 1.13. The van der Waals surface area contributed by atoms with E-state index in [1.54, 1.807) is 6.07 Å². The van der Waals surface area contributed by atoms with Crippen LogP contribution in [-0.4, -0.2) is 18.1 Å². The van der Waals surface area contributed by atoms with Gasteiger partial charge in [-0.25, -0.2) is 18.6 Å². The number of pyridine rings is 1. The van der Waals surface area contributed by atoms with Crippen molar-refractivity contribution < 1.29 is 18.3 Å². The molecule has 0 saturated heterocycles. The Labute approximate surface area is 98.0 Å². The van der Waals surface area contributed by atoms with Gasteiger partial charge in [-0.1, -0.05) is 0 Å².